The van der Waals surface area contributed by atoms with Gasteiger partial charge in [0.05, 0.1) is 12.5 Å². The predicted molar refractivity (Wildman–Crippen MR) is 63.9 cm³/mol. The first kappa shape index (κ1) is 10.4. The summed E-state index contributed by atoms with van der Waals surface area (Å²) in [6.45, 7) is 0. The number of fused-ring (bicyclic) bond motifs is 2. The van der Waals surface area contributed by atoms with E-state index in [-0.39, 0.29) is 0 Å². The summed E-state index contributed by atoms with van der Waals surface area (Å²) in [5, 5.41) is 0. The van der Waals surface area contributed by atoms with Gasteiger partial charge in [0.25, 0.3) is 0 Å². The van der Waals surface area contributed by atoms with Gasteiger partial charge in [-0.25, -0.2) is 0 Å². The van der Waals surface area contributed by atoms with Crippen LogP contribution >= 0.6 is 0 Å². The molecule has 4 unspecified atom stereocenters. The molecule has 2 bridgehead atoms. The maximum Gasteiger partial charge on any atom is 0.0935 e. The Labute approximate surface area is 97.2 Å². The van der Waals surface area contributed by atoms with Gasteiger partial charge >= 0.3 is 0 Å². The lowest BCUT2D eigenvalue weighted by atomic mass is 9.83. The SMILES string of the molecule is NC(Cc1ccoc1)CC1CC2CCC1C2. The number of hydrogen-bond acceptors (Lipinski definition) is 2. The zero-order valence-corrected chi connectivity index (χ0v) is 9.77. The van der Waals surface area contributed by atoms with Crippen molar-refractivity contribution in [3.8, 4) is 0 Å². The van der Waals surface area contributed by atoms with E-state index in [1.807, 2.05) is 12.3 Å². The molecule has 2 N–H and O–H groups in total. The topological polar surface area (TPSA) is 39.2 Å². The molecule has 0 saturated heterocycles. The van der Waals surface area contributed by atoms with Crippen LogP contribution in [0.25, 0.3) is 0 Å². The van der Waals surface area contributed by atoms with E-state index in [1.54, 1.807) is 6.26 Å². The molecule has 0 aromatic carbocycles. The summed E-state index contributed by atoms with van der Waals surface area (Å²) in [5.41, 5.74) is 7.48. The molecular weight excluding hydrogens is 198 g/mol. The smallest absolute Gasteiger partial charge is 0.0935 e. The highest BCUT2D eigenvalue weighted by molar-refractivity contribution is 5.07. The Kier molecular flexibility index (Phi) is 2.76. The number of nitrogens with two attached hydrogens (primary N) is 1. The average Bonchev–Trinajstić information content (AvgIpc) is 2.92. The van der Waals surface area contributed by atoms with Crippen LogP contribution in [0, 0.1) is 17.8 Å². The van der Waals surface area contributed by atoms with Gasteiger partial charge < -0.3 is 10.2 Å². The van der Waals surface area contributed by atoms with Crippen LogP contribution in [0.15, 0.2) is 23.0 Å². The minimum atomic E-state index is 0.321. The summed E-state index contributed by atoms with van der Waals surface area (Å²) < 4.78 is 5.08. The Morgan fingerprint density at radius 3 is 2.94 bits per heavy atom. The number of furan rings is 1. The molecule has 0 amide bonds. The van der Waals surface area contributed by atoms with E-state index in [9.17, 15) is 0 Å². The Morgan fingerprint density at radius 2 is 2.31 bits per heavy atom. The molecule has 0 radical (unpaired) electrons. The van der Waals surface area contributed by atoms with Gasteiger partial charge in [-0.3, -0.25) is 0 Å². The van der Waals surface area contributed by atoms with Crippen molar-refractivity contribution in [2.24, 2.45) is 23.5 Å². The van der Waals surface area contributed by atoms with Crippen molar-refractivity contribution in [2.45, 2.75) is 44.6 Å². The molecule has 2 nitrogen and oxygen atoms in total. The van der Waals surface area contributed by atoms with Gasteiger partial charge in [-0.15, -0.1) is 0 Å². The molecule has 1 aromatic rings. The molecule has 2 aliphatic rings. The largest absolute Gasteiger partial charge is 0.472 e. The van der Waals surface area contributed by atoms with Gasteiger partial charge in [0.1, 0.15) is 0 Å². The highest BCUT2D eigenvalue weighted by atomic mass is 16.3. The normalized spacial score (nSPS) is 34.4. The third kappa shape index (κ3) is 2.03. The summed E-state index contributed by atoms with van der Waals surface area (Å²) in [5.74, 6) is 2.96. The Morgan fingerprint density at radius 1 is 1.38 bits per heavy atom. The lowest BCUT2D eigenvalue weighted by molar-refractivity contribution is 0.294. The van der Waals surface area contributed by atoms with Crippen molar-refractivity contribution < 1.29 is 4.42 Å². The summed E-state index contributed by atoms with van der Waals surface area (Å²) in [4.78, 5) is 0. The molecular formula is C14H21NO. The van der Waals surface area contributed by atoms with Crippen LogP contribution in [0.4, 0.5) is 0 Å². The van der Waals surface area contributed by atoms with Crippen LogP contribution in [0.3, 0.4) is 0 Å². The fourth-order valence-corrected chi connectivity index (χ4v) is 3.85. The maximum absolute atomic E-state index is 6.23. The fraction of sp³-hybridized carbons (Fsp3) is 0.714. The predicted octanol–water partition coefficient (Wildman–Crippen LogP) is 2.98. The van der Waals surface area contributed by atoms with Crippen LogP contribution in [0.2, 0.25) is 0 Å². The van der Waals surface area contributed by atoms with Crippen LogP contribution in [0.1, 0.15) is 37.7 Å². The Bertz CT molecular complexity index is 333. The first-order valence-corrected chi connectivity index (χ1v) is 6.58. The van der Waals surface area contributed by atoms with E-state index in [1.165, 1.54) is 37.7 Å². The molecule has 1 aromatic heterocycles. The minimum absolute atomic E-state index is 0.321. The van der Waals surface area contributed by atoms with E-state index >= 15 is 0 Å². The molecule has 88 valence electrons. The molecule has 16 heavy (non-hydrogen) atoms. The van der Waals surface area contributed by atoms with Crippen LogP contribution in [-0.2, 0) is 6.42 Å². The molecule has 2 aliphatic carbocycles. The van der Waals surface area contributed by atoms with Gasteiger partial charge in [-0.05, 0) is 61.5 Å². The van der Waals surface area contributed by atoms with Gasteiger partial charge in [-0.2, -0.15) is 0 Å². The molecule has 4 atom stereocenters. The quantitative estimate of drug-likeness (QED) is 0.845. The molecule has 2 heteroatoms. The average molecular weight is 219 g/mol. The van der Waals surface area contributed by atoms with Crippen molar-refractivity contribution in [2.75, 3.05) is 0 Å². The number of rotatable bonds is 4. The third-order valence-electron chi connectivity index (χ3n) is 4.57. The molecule has 1 heterocycles. The van der Waals surface area contributed by atoms with Gasteiger partial charge in [0.15, 0.2) is 0 Å². The van der Waals surface area contributed by atoms with E-state index < -0.39 is 0 Å². The maximum atomic E-state index is 6.23. The summed E-state index contributed by atoms with van der Waals surface area (Å²) in [7, 11) is 0. The van der Waals surface area contributed by atoms with Crippen LogP contribution in [0.5, 0.6) is 0 Å². The lowest BCUT2D eigenvalue weighted by Gasteiger charge is -2.24. The van der Waals surface area contributed by atoms with Gasteiger partial charge in [0, 0.05) is 6.04 Å². The van der Waals surface area contributed by atoms with Crippen molar-refractivity contribution in [3.05, 3.63) is 24.2 Å². The molecule has 3 rings (SSSR count). The highest BCUT2D eigenvalue weighted by Gasteiger charge is 2.39. The first-order valence-electron chi connectivity index (χ1n) is 6.58. The second-order valence-electron chi connectivity index (χ2n) is 5.77. The van der Waals surface area contributed by atoms with Crippen molar-refractivity contribution in [1.29, 1.82) is 0 Å². The summed E-state index contributed by atoms with van der Waals surface area (Å²) in [6, 6.07) is 2.35. The molecule has 2 fully saturated rings. The molecule has 0 aliphatic heterocycles. The zero-order chi connectivity index (χ0) is 11.0. The molecule has 2 saturated carbocycles. The molecule has 0 spiro atoms. The van der Waals surface area contributed by atoms with Crippen LogP contribution in [-0.4, -0.2) is 6.04 Å². The van der Waals surface area contributed by atoms with Gasteiger partial charge in [0.2, 0.25) is 0 Å². The highest BCUT2D eigenvalue weighted by Crippen LogP contribution is 2.49. The van der Waals surface area contributed by atoms with E-state index in [2.05, 4.69) is 0 Å². The van der Waals surface area contributed by atoms with Crippen LogP contribution < -0.4 is 5.73 Å². The number of hydrogen-bond donors (Lipinski definition) is 1. The van der Waals surface area contributed by atoms with Crippen molar-refractivity contribution >= 4 is 0 Å². The van der Waals surface area contributed by atoms with Crippen molar-refractivity contribution in [1.82, 2.24) is 0 Å². The summed E-state index contributed by atoms with van der Waals surface area (Å²) in [6.07, 6.45) is 11.6. The van der Waals surface area contributed by atoms with E-state index in [4.69, 9.17) is 10.2 Å². The summed E-state index contributed by atoms with van der Waals surface area (Å²) >= 11 is 0. The lowest BCUT2D eigenvalue weighted by Crippen LogP contribution is -2.28. The van der Waals surface area contributed by atoms with Gasteiger partial charge in [-0.1, -0.05) is 6.42 Å². The monoisotopic (exact) mass is 219 g/mol. The van der Waals surface area contributed by atoms with Crippen molar-refractivity contribution in [3.63, 3.8) is 0 Å². The second-order valence-corrected chi connectivity index (χ2v) is 5.77. The zero-order valence-electron chi connectivity index (χ0n) is 9.77. The van der Waals surface area contributed by atoms with E-state index in [0.717, 1.165) is 24.2 Å². The second kappa shape index (κ2) is 4.25. The fourth-order valence-electron chi connectivity index (χ4n) is 3.85. The third-order valence-corrected chi connectivity index (χ3v) is 4.57. The Balaban J connectivity index is 1.51. The minimum Gasteiger partial charge on any atom is -0.472 e. The first-order chi connectivity index (χ1) is 7.81. The van der Waals surface area contributed by atoms with E-state index in [0.29, 0.717) is 6.04 Å². The Hall–Kier alpha value is -0.760. The standard InChI is InChI=1S/C14H21NO/c15-14(7-11-3-4-16-9-11)8-13-6-10-1-2-12(13)5-10/h3-4,9-10,12-14H,1-2,5-8,15H2.